The Morgan fingerprint density at radius 3 is 1.95 bits per heavy atom. The summed E-state index contributed by atoms with van der Waals surface area (Å²) in [6.45, 7) is 10.1. The second-order valence-electron chi connectivity index (χ2n) is 6.69. The van der Waals surface area contributed by atoms with Crippen LogP contribution in [-0.4, -0.2) is 0 Å². The molecule has 2 aromatic rings. The summed E-state index contributed by atoms with van der Waals surface area (Å²) in [5, 5.41) is 3.63. The molecule has 0 unspecified atom stereocenters. The standard InChI is InChI=1S/C21H25N/c1-14(2)20-17-10-6-5-9-16(17)13-22-19-12-8-7-11-18(19)21(20)15(3)4/h5-12,14-15,22H,13H2,1-4H3/b21-20-. The summed E-state index contributed by atoms with van der Waals surface area (Å²) in [6, 6.07) is 17.5. The van der Waals surface area contributed by atoms with Crippen molar-refractivity contribution in [3.63, 3.8) is 0 Å². The number of benzene rings is 2. The number of para-hydroxylation sites is 1. The van der Waals surface area contributed by atoms with Crippen molar-refractivity contribution in [1.29, 1.82) is 0 Å². The molecule has 0 saturated carbocycles. The van der Waals surface area contributed by atoms with Crippen LogP contribution >= 0.6 is 0 Å². The molecule has 0 saturated heterocycles. The normalized spacial score (nSPS) is 17.5. The molecule has 22 heavy (non-hydrogen) atoms. The van der Waals surface area contributed by atoms with Crippen molar-refractivity contribution in [1.82, 2.24) is 0 Å². The van der Waals surface area contributed by atoms with Crippen LogP contribution in [0, 0.1) is 11.8 Å². The monoisotopic (exact) mass is 291 g/mol. The first kappa shape index (κ1) is 14.9. The molecule has 0 bridgehead atoms. The zero-order valence-corrected chi connectivity index (χ0v) is 14.0. The third kappa shape index (κ3) is 2.56. The summed E-state index contributed by atoms with van der Waals surface area (Å²) in [5.41, 5.74) is 8.38. The zero-order chi connectivity index (χ0) is 15.7. The molecule has 114 valence electrons. The number of allylic oxidation sites excluding steroid dienone is 2. The van der Waals surface area contributed by atoms with Gasteiger partial charge in [-0.2, -0.15) is 0 Å². The Morgan fingerprint density at radius 1 is 0.727 bits per heavy atom. The van der Waals surface area contributed by atoms with Crippen LogP contribution < -0.4 is 5.32 Å². The minimum Gasteiger partial charge on any atom is -0.380 e. The third-order valence-corrected chi connectivity index (χ3v) is 4.44. The second-order valence-corrected chi connectivity index (χ2v) is 6.69. The SMILES string of the molecule is CC(C)/C1=C(\C(C)C)c2ccccc2NCc2ccccc21. The van der Waals surface area contributed by atoms with Crippen molar-refractivity contribution < 1.29 is 0 Å². The molecular formula is C21H25N. The molecule has 1 aliphatic rings. The van der Waals surface area contributed by atoms with E-state index in [-0.39, 0.29) is 0 Å². The van der Waals surface area contributed by atoms with E-state index in [0.29, 0.717) is 11.8 Å². The van der Waals surface area contributed by atoms with Gasteiger partial charge in [0.1, 0.15) is 0 Å². The molecule has 3 rings (SSSR count). The minimum atomic E-state index is 0.492. The number of fused-ring (bicyclic) bond motifs is 2. The molecule has 2 aromatic carbocycles. The number of nitrogens with one attached hydrogen (secondary N) is 1. The number of hydrogen-bond acceptors (Lipinski definition) is 1. The maximum Gasteiger partial charge on any atom is 0.0419 e. The Balaban J connectivity index is 2.38. The highest BCUT2D eigenvalue weighted by Gasteiger charge is 2.23. The van der Waals surface area contributed by atoms with Crippen molar-refractivity contribution in [3.05, 3.63) is 65.2 Å². The van der Waals surface area contributed by atoms with Crippen LogP contribution in [0.15, 0.2) is 48.5 Å². The van der Waals surface area contributed by atoms with E-state index in [4.69, 9.17) is 0 Å². The van der Waals surface area contributed by atoms with Gasteiger partial charge in [-0.3, -0.25) is 0 Å². The lowest BCUT2D eigenvalue weighted by Gasteiger charge is -2.28. The third-order valence-electron chi connectivity index (χ3n) is 4.44. The molecule has 0 spiro atoms. The summed E-state index contributed by atoms with van der Waals surface area (Å²) < 4.78 is 0. The maximum absolute atomic E-state index is 3.63. The fraction of sp³-hybridized carbons (Fsp3) is 0.333. The quantitative estimate of drug-likeness (QED) is 0.733. The molecule has 1 aliphatic heterocycles. The van der Waals surface area contributed by atoms with Gasteiger partial charge < -0.3 is 5.32 Å². The molecule has 1 N–H and O–H groups in total. The van der Waals surface area contributed by atoms with Gasteiger partial charge in [0.05, 0.1) is 0 Å². The van der Waals surface area contributed by atoms with Gasteiger partial charge in [0.25, 0.3) is 0 Å². The Morgan fingerprint density at radius 2 is 1.27 bits per heavy atom. The summed E-state index contributed by atoms with van der Waals surface area (Å²) >= 11 is 0. The van der Waals surface area contributed by atoms with Gasteiger partial charge in [-0.25, -0.2) is 0 Å². The Hall–Kier alpha value is -2.02. The molecule has 0 radical (unpaired) electrons. The molecular weight excluding hydrogens is 266 g/mol. The Bertz CT molecular complexity index is 646. The van der Waals surface area contributed by atoms with Gasteiger partial charge in [-0.05, 0) is 40.2 Å². The molecule has 0 fully saturated rings. The van der Waals surface area contributed by atoms with E-state index >= 15 is 0 Å². The lowest BCUT2D eigenvalue weighted by molar-refractivity contribution is 0.812. The maximum atomic E-state index is 3.63. The van der Waals surface area contributed by atoms with Crippen molar-refractivity contribution in [3.8, 4) is 0 Å². The van der Waals surface area contributed by atoms with Gasteiger partial charge in [0.15, 0.2) is 0 Å². The van der Waals surface area contributed by atoms with Crippen LogP contribution in [0.1, 0.15) is 44.4 Å². The first-order valence-corrected chi connectivity index (χ1v) is 8.25. The summed E-state index contributed by atoms with van der Waals surface area (Å²) in [6.07, 6.45) is 0. The van der Waals surface area contributed by atoms with Crippen molar-refractivity contribution >= 4 is 16.8 Å². The van der Waals surface area contributed by atoms with Crippen molar-refractivity contribution in [2.75, 3.05) is 5.32 Å². The topological polar surface area (TPSA) is 12.0 Å². The van der Waals surface area contributed by atoms with Crippen LogP contribution in [-0.2, 0) is 6.54 Å². The molecule has 1 heterocycles. The fourth-order valence-corrected chi connectivity index (χ4v) is 3.53. The molecule has 0 aliphatic carbocycles. The van der Waals surface area contributed by atoms with Gasteiger partial charge in [0.2, 0.25) is 0 Å². The molecule has 1 heteroatoms. The average molecular weight is 291 g/mol. The van der Waals surface area contributed by atoms with E-state index in [9.17, 15) is 0 Å². The van der Waals surface area contributed by atoms with E-state index in [1.165, 1.54) is 33.5 Å². The van der Waals surface area contributed by atoms with E-state index < -0.39 is 0 Å². The number of hydrogen-bond donors (Lipinski definition) is 1. The summed E-state index contributed by atoms with van der Waals surface area (Å²) in [4.78, 5) is 0. The first-order valence-electron chi connectivity index (χ1n) is 8.25. The molecule has 0 aromatic heterocycles. The highest BCUT2D eigenvalue weighted by atomic mass is 14.9. The van der Waals surface area contributed by atoms with Crippen LogP contribution in [0.5, 0.6) is 0 Å². The predicted molar refractivity (Wildman–Crippen MR) is 96.7 cm³/mol. The van der Waals surface area contributed by atoms with E-state index in [1.807, 2.05) is 0 Å². The fourth-order valence-electron chi connectivity index (χ4n) is 3.53. The second kappa shape index (κ2) is 6.00. The first-order chi connectivity index (χ1) is 10.6. The van der Waals surface area contributed by atoms with Crippen LogP contribution in [0.4, 0.5) is 5.69 Å². The van der Waals surface area contributed by atoms with E-state index in [1.54, 1.807) is 0 Å². The smallest absolute Gasteiger partial charge is 0.0419 e. The van der Waals surface area contributed by atoms with Gasteiger partial charge in [-0.1, -0.05) is 70.2 Å². The molecule has 1 nitrogen and oxygen atoms in total. The van der Waals surface area contributed by atoms with Crippen LogP contribution in [0.25, 0.3) is 11.1 Å². The van der Waals surface area contributed by atoms with Gasteiger partial charge >= 0.3 is 0 Å². The number of anilines is 1. The van der Waals surface area contributed by atoms with Gasteiger partial charge in [-0.15, -0.1) is 0 Å². The van der Waals surface area contributed by atoms with Crippen LogP contribution in [0.3, 0.4) is 0 Å². The average Bonchev–Trinajstić information content (AvgIpc) is 2.48. The zero-order valence-electron chi connectivity index (χ0n) is 14.0. The van der Waals surface area contributed by atoms with E-state index in [2.05, 4.69) is 81.5 Å². The predicted octanol–water partition coefficient (Wildman–Crippen LogP) is 5.83. The largest absolute Gasteiger partial charge is 0.380 e. The van der Waals surface area contributed by atoms with Crippen molar-refractivity contribution in [2.24, 2.45) is 11.8 Å². The molecule has 0 atom stereocenters. The van der Waals surface area contributed by atoms with Crippen LogP contribution in [0.2, 0.25) is 0 Å². The summed E-state index contributed by atoms with van der Waals surface area (Å²) in [7, 11) is 0. The lowest BCUT2D eigenvalue weighted by Crippen LogP contribution is -2.13. The van der Waals surface area contributed by atoms with E-state index in [0.717, 1.165) is 6.54 Å². The lowest BCUT2D eigenvalue weighted by atomic mass is 9.79. The van der Waals surface area contributed by atoms with Crippen molar-refractivity contribution in [2.45, 2.75) is 34.2 Å². The minimum absolute atomic E-state index is 0.492. The highest BCUT2D eigenvalue weighted by Crippen LogP contribution is 2.42. The Kier molecular flexibility index (Phi) is 4.06. The molecule has 0 amide bonds. The number of rotatable bonds is 2. The Labute approximate surface area is 134 Å². The van der Waals surface area contributed by atoms with Gasteiger partial charge in [0, 0.05) is 17.8 Å². The highest BCUT2D eigenvalue weighted by molar-refractivity contribution is 5.97. The summed E-state index contributed by atoms with van der Waals surface area (Å²) in [5.74, 6) is 0.996.